The Bertz CT molecular complexity index is 284. The Hall–Kier alpha value is -1.04. The highest BCUT2D eigenvalue weighted by molar-refractivity contribution is 7.94. The summed E-state index contributed by atoms with van der Waals surface area (Å²) in [4.78, 5) is 10.8. The minimum atomic E-state index is -3.28. The van der Waals surface area contributed by atoms with Gasteiger partial charge in [-0.25, -0.2) is 13.2 Å². The van der Waals surface area contributed by atoms with Gasteiger partial charge in [-0.15, -0.1) is 0 Å². The monoisotopic (exact) mass is 221 g/mol. The lowest BCUT2D eigenvalue weighted by Gasteiger charge is -2.04. The summed E-state index contributed by atoms with van der Waals surface area (Å²) in [6.07, 6.45) is 0.214. The molecule has 14 heavy (non-hydrogen) atoms. The molecule has 0 rings (SSSR count). The fourth-order valence-corrected chi connectivity index (χ4v) is 1.09. The molecule has 5 nitrogen and oxygen atoms in total. The molecular formula is C8H15NO4S. The van der Waals surface area contributed by atoms with E-state index in [-0.39, 0.29) is 12.4 Å². The smallest absolute Gasteiger partial charge is 0.407 e. The van der Waals surface area contributed by atoms with Gasteiger partial charge >= 0.3 is 6.09 Å². The highest BCUT2D eigenvalue weighted by Gasteiger charge is 2.06. The van der Waals surface area contributed by atoms with Gasteiger partial charge in [-0.3, -0.25) is 0 Å². The zero-order chi connectivity index (χ0) is 11.0. The van der Waals surface area contributed by atoms with Crippen LogP contribution in [0.3, 0.4) is 0 Å². The number of rotatable bonds is 6. The minimum absolute atomic E-state index is 0.149. The second-order valence-corrected chi connectivity index (χ2v) is 4.66. The van der Waals surface area contributed by atoms with E-state index in [9.17, 15) is 13.2 Å². The molecule has 0 unspecified atom stereocenters. The summed E-state index contributed by atoms with van der Waals surface area (Å²) in [5.74, 6) is -0.226. The summed E-state index contributed by atoms with van der Waals surface area (Å²) in [6, 6.07) is 0. The molecule has 0 atom stereocenters. The lowest BCUT2D eigenvalue weighted by atomic mass is 10.5. The second kappa shape index (κ2) is 6.42. The van der Waals surface area contributed by atoms with Crippen molar-refractivity contribution in [3.8, 4) is 0 Å². The number of ether oxygens (including phenoxy) is 1. The van der Waals surface area contributed by atoms with Crippen LogP contribution in [0.15, 0.2) is 12.0 Å². The van der Waals surface area contributed by atoms with Crippen LogP contribution < -0.4 is 5.32 Å². The van der Waals surface area contributed by atoms with Crippen molar-refractivity contribution in [3.63, 3.8) is 0 Å². The molecule has 1 amide bonds. The normalized spacial score (nSPS) is 10.6. The summed E-state index contributed by atoms with van der Waals surface area (Å²) >= 11 is 0. The molecule has 0 saturated heterocycles. The zero-order valence-corrected chi connectivity index (χ0v) is 8.97. The van der Waals surface area contributed by atoms with E-state index in [0.717, 1.165) is 11.8 Å². The van der Waals surface area contributed by atoms with Crippen LogP contribution in [0.1, 0.15) is 13.3 Å². The van der Waals surface area contributed by atoms with E-state index in [1.54, 1.807) is 0 Å². The van der Waals surface area contributed by atoms with Crippen molar-refractivity contribution in [2.75, 3.05) is 18.9 Å². The average Bonchev–Trinajstić information content (AvgIpc) is 2.14. The van der Waals surface area contributed by atoms with E-state index < -0.39 is 15.9 Å². The Morgan fingerprint density at radius 2 is 2.21 bits per heavy atom. The van der Waals surface area contributed by atoms with E-state index in [1.165, 1.54) is 0 Å². The number of amides is 1. The van der Waals surface area contributed by atoms with Gasteiger partial charge in [0.05, 0.1) is 5.75 Å². The zero-order valence-electron chi connectivity index (χ0n) is 8.15. The lowest BCUT2D eigenvalue weighted by Crippen LogP contribution is -2.26. The molecule has 0 aliphatic rings. The Morgan fingerprint density at radius 1 is 1.57 bits per heavy atom. The standard InChI is InChI=1S/C8H15NO4S/c1-3-5-9-8(10)13-6-7-14(11,12)4-2/h4H,2-3,5-7H2,1H3,(H,9,10). The number of sulfone groups is 1. The van der Waals surface area contributed by atoms with E-state index in [2.05, 4.69) is 16.6 Å². The van der Waals surface area contributed by atoms with E-state index in [0.29, 0.717) is 6.54 Å². The van der Waals surface area contributed by atoms with E-state index >= 15 is 0 Å². The maximum atomic E-state index is 10.9. The van der Waals surface area contributed by atoms with Crippen LogP contribution in [-0.4, -0.2) is 33.4 Å². The molecule has 0 bridgehead atoms. The van der Waals surface area contributed by atoms with Crippen LogP contribution in [-0.2, 0) is 14.6 Å². The molecule has 0 aromatic heterocycles. The Balaban J connectivity index is 3.64. The molecule has 0 aliphatic carbocycles. The van der Waals surface area contributed by atoms with E-state index in [4.69, 9.17) is 0 Å². The number of hydrogen-bond donors (Lipinski definition) is 1. The molecular weight excluding hydrogens is 206 g/mol. The predicted octanol–water partition coefficient (Wildman–Crippen LogP) is 0.681. The van der Waals surface area contributed by atoms with Crippen LogP contribution >= 0.6 is 0 Å². The molecule has 0 radical (unpaired) electrons. The largest absolute Gasteiger partial charge is 0.448 e. The van der Waals surface area contributed by atoms with Crippen molar-refractivity contribution in [1.29, 1.82) is 0 Å². The maximum absolute atomic E-state index is 10.9. The predicted molar refractivity (Wildman–Crippen MR) is 53.6 cm³/mol. The van der Waals surface area contributed by atoms with Crippen LogP contribution in [0.4, 0.5) is 4.79 Å². The first-order valence-electron chi connectivity index (χ1n) is 4.27. The highest BCUT2D eigenvalue weighted by atomic mass is 32.2. The SMILES string of the molecule is C=CS(=O)(=O)CCOC(=O)NCCC. The fraction of sp³-hybridized carbons (Fsp3) is 0.625. The summed E-state index contributed by atoms with van der Waals surface area (Å²) in [7, 11) is -3.28. The lowest BCUT2D eigenvalue weighted by molar-refractivity contribution is 0.153. The van der Waals surface area contributed by atoms with Crippen LogP contribution in [0.5, 0.6) is 0 Å². The van der Waals surface area contributed by atoms with Gasteiger partial charge in [0.1, 0.15) is 6.61 Å². The molecule has 0 aromatic carbocycles. The molecule has 0 saturated carbocycles. The summed E-state index contributed by atoms with van der Waals surface area (Å²) in [6.45, 7) is 5.41. The van der Waals surface area contributed by atoms with E-state index in [1.807, 2.05) is 6.92 Å². The van der Waals surface area contributed by atoms with Gasteiger partial charge in [0, 0.05) is 12.0 Å². The Labute approximate surface area is 84.1 Å². The molecule has 6 heteroatoms. The van der Waals surface area contributed by atoms with Crippen molar-refractivity contribution in [1.82, 2.24) is 5.32 Å². The van der Waals surface area contributed by atoms with Crippen LogP contribution in [0.2, 0.25) is 0 Å². The van der Waals surface area contributed by atoms with Crippen molar-refractivity contribution < 1.29 is 17.9 Å². The topological polar surface area (TPSA) is 72.5 Å². The summed E-state index contributed by atoms with van der Waals surface area (Å²) in [5, 5.41) is 3.30. The summed E-state index contributed by atoms with van der Waals surface area (Å²) < 4.78 is 26.3. The van der Waals surface area contributed by atoms with Crippen molar-refractivity contribution in [3.05, 3.63) is 12.0 Å². The average molecular weight is 221 g/mol. The molecule has 0 fully saturated rings. The van der Waals surface area contributed by atoms with Crippen molar-refractivity contribution in [2.24, 2.45) is 0 Å². The third-order valence-corrected chi connectivity index (χ3v) is 2.62. The first-order chi connectivity index (χ1) is 6.52. The molecule has 0 spiro atoms. The van der Waals surface area contributed by atoms with Gasteiger partial charge in [0.15, 0.2) is 9.84 Å². The molecule has 1 N–H and O–H groups in total. The molecule has 0 aromatic rings. The highest BCUT2D eigenvalue weighted by Crippen LogP contribution is 1.91. The van der Waals surface area contributed by atoms with Gasteiger partial charge < -0.3 is 10.1 Å². The van der Waals surface area contributed by atoms with Crippen LogP contribution in [0.25, 0.3) is 0 Å². The summed E-state index contributed by atoms with van der Waals surface area (Å²) in [5.41, 5.74) is 0. The van der Waals surface area contributed by atoms with Gasteiger partial charge in [-0.2, -0.15) is 0 Å². The first kappa shape index (κ1) is 13.0. The Morgan fingerprint density at radius 3 is 2.71 bits per heavy atom. The molecule has 82 valence electrons. The Kier molecular flexibility index (Phi) is 5.94. The number of carbonyl (C=O) groups excluding carboxylic acids is 1. The number of nitrogens with one attached hydrogen (secondary N) is 1. The number of alkyl carbamates (subject to hydrolysis) is 1. The van der Waals surface area contributed by atoms with Crippen LogP contribution in [0, 0.1) is 0 Å². The number of carbonyl (C=O) groups is 1. The van der Waals surface area contributed by atoms with Crippen molar-refractivity contribution >= 4 is 15.9 Å². The van der Waals surface area contributed by atoms with Crippen molar-refractivity contribution in [2.45, 2.75) is 13.3 Å². The second-order valence-electron chi connectivity index (χ2n) is 2.60. The molecule has 0 heterocycles. The maximum Gasteiger partial charge on any atom is 0.407 e. The quantitative estimate of drug-likeness (QED) is 0.716. The number of hydrogen-bond acceptors (Lipinski definition) is 4. The van der Waals surface area contributed by atoms with Gasteiger partial charge in [-0.1, -0.05) is 13.5 Å². The van der Waals surface area contributed by atoms with Gasteiger partial charge in [0.2, 0.25) is 0 Å². The third kappa shape index (κ3) is 6.47. The fourth-order valence-electron chi connectivity index (χ4n) is 0.612. The first-order valence-corrected chi connectivity index (χ1v) is 5.99. The third-order valence-electron chi connectivity index (χ3n) is 1.37. The minimum Gasteiger partial charge on any atom is -0.448 e. The van der Waals surface area contributed by atoms with Gasteiger partial charge in [-0.05, 0) is 6.42 Å². The van der Waals surface area contributed by atoms with Gasteiger partial charge in [0.25, 0.3) is 0 Å². The molecule has 0 aliphatic heterocycles.